The van der Waals surface area contributed by atoms with Gasteiger partial charge in [-0.25, -0.2) is 0 Å². The molecule has 2 N–H and O–H groups in total. The van der Waals surface area contributed by atoms with Crippen molar-refractivity contribution in [3.8, 4) is 0 Å². The maximum Gasteiger partial charge on any atom is 0.357 e. The minimum Gasteiger partial charge on any atom is -0.371 e. The average Bonchev–Trinajstić information content (AvgIpc) is 2.37. The van der Waals surface area contributed by atoms with Crippen molar-refractivity contribution < 1.29 is 13.0 Å². The Balaban J connectivity index is 2.86. The Kier molecular flexibility index (Phi) is 6.81. The van der Waals surface area contributed by atoms with Crippen LogP contribution in [0.4, 0.5) is 11.4 Å². The third kappa shape index (κ3) is 6.25. The number of rotatable bonds is 9. The number of nitrogens with one attached hydrogen (secondary N) is 1. The fraction of sp³-hybridized carbons (Fsp3) is 0.571. The van der Waals surface area contributed by atoms with E-state index in [1.807, 2.05) is 6.07 Å². The molecule has 1 aromatic carbocycles. The molecule has 20 heavy (non-hydrogen) atoms. The van der Waals surface area contributed by atoms with Crippen molar-refractivity contribution >= 4 is 21.7 Å². The smallest absolute Gasteiger partial charge is 0.357 e. The van der Waals surface area contributed by atoms with Gasteiger partial charge in [0, 0.05) is 18.8 Å². The summed E-state index contributed by atoms with van der Waals surface area (Å²) >= 11 is 0. The Morgan fingerprint density at radius 2 is 1.75 bits per heavy atom. The number of hydrogen-bond acceptors (Lipinski definition) is 3. The van der Waals surface area contributed by atoms with Gasteiger partial charge in [0.25, 0.3) is 0 Å². The van der Waals surface area contributed by atoms with Crippen molar-refractivity contribution in [1.82, 2.24) is 0 Å². The number of hydrogen-bond donors (Lipinski definition) is 2. The minimum absolute atomic E-state index is 0.378. The van der Waals surface area contributed by atoms with Gasteiger partial charge in [-0.3, -0.25) is 9.27 Å². The Bertz CT molecular complexity index is 495. The Morgan fingerprint density at radius 1 is 1.15 bits per heavy atom. The maximum atomic E-state index is 10.9. The van der Waals surface area contributed by atoms with Gasteiger partial charge in [0.1, 0.15) is 0 Å². The standard InChI is InChI=1S/C14H24N2O3S/c1-3-5-10-16(11-6-4-2)14-9-7-8-13(12-14)15-20(17,18)19/h7-9,12,15H,3-6,10-11H2,1-2H3,(H,17,18,19). The van der Waals surface area contributed by atoms with E-state index in [2.05, 4.69) is 23.5 Å². The van der Waals surface area contributed by atoms with E-state index in [1.165, 1.54) is 0 Å². The Labute approximate surface area is 121 Å². The first-order valence-corrected chi connectivity index (χ1v) is 8.50. The van der Waals surface area contributed by atoms with Crippen molar-refractivity contribution in [2.24, 2.45) is 0 Å². The molecule has 0 saturated carbocycles. The summed E-state index contributed by atoms with van der Waals surface area (Å²) in [5, 5.41) is 0. The second kappa shape index (κ2) is 8.11. The van der Waals surface area contributed by atoms with Crippen LogP contribution in [0.5, 0.6) is 0 Å². The fourth-order valence-electron chi connectivity index (χ4n) is 1.98. The zero-order valence-electron chi connectivity index (χ0n) is 12.2. The predicted octanol–water partition coefficient (Wildman–Crippen LogP) is 3.31. The molecule has 0 heterocycles. The van der Waals surface area contributed by atoms with Gasteiger partial charge < -0.3 is 4.90 Å². The van der Waals surface area contributed by atoms with E-state index in [0.717, 1.165) is 44.5 Å². The van der Waals surface area contributed by atoms with Crippen molar-refractivity contribution in [3.05, 3.63) is 24.3 Å². The quantitative estimate of drug-likeness (QED) is 0.686. The van der Waals surface area contributed by atoms with Crippen molar-refractivity contribution in [2.45, 2.75) is 39.5 Å². The highest BCUT2D eigenvalue weighted by atomic mass is 32.2. The van der Waals surface area contributed by atoms with Crippen molar-refractivity contribution in [2.75, 3.05) is 22.7 Å². The Morgan fingerprint density at radius 3 is 2.25 bits per heavy atom. The molecule has 1 aromatic rings. The summed E-state index contributed by atoms with van der Waals surface area (Å²) in [6.07, 6.45) is 4.43. The van der Waals surface area contributed by atoms with Crippen molar-refractivity contribution in [3.63, 3.8) is 0 Å². The zero-order chi connectivity index (χ0) is 15.0. The van der Waals surface area contributed by atoms with Crippen LogP contribution in [0.2, 0.25) is 0 Å². The van der Waals surface area contributed by atoms with E-state index in [4.69, 9.17) is 4.55 Å². The molecule has 0 unspecified atom stereocenters. The van der Waals surface area contributed by atoms with Gasteiger partial charge in [0.05, 0.1) is 5.69 Å². The number of unbranched alkanes of at least 4 members (excludes halogenated alkanes) is 2. The summed E-state index contributed by atoms with van der Waals surface area (Å²) in [6.45, 7) is 6.19. The van der Waals surface area contributed by atoms with Gasteiger partial charge in [-0.1, -0.05) is 32.8 Å². The summed E-state index contributed by atoms with van der Waals surface area (Å²) in [5.41, 5.74) is 1.35. The SMILES string of the molecule is CCCCN(CCCC)c1cccc(NS(=O)(=O)O)c1. The molecular formula is C14H24N2O3S. The third-order valence-electron chi connectivity index (χ3n) is 3.02. The molecule has 0 aliphatic heterocycles. The molecule has 0 aliphatic carbocycles. The second-order valence-corrected chi connectivity index (χ2v) is 5.98. The molecule has 0 radical (unpaired) electrons. The first-order valence-electron chi connectivity index (χ1n) is 7.06. The molecule has 0 bridgehead atoms. The topological polar surface area (TPSA) is 69.6 Å². The first-order chi connectivity index (χ1) is 9.46. The molecule has 0 fully saturated rings. The molecule has 0 atom stereocenters. The molecule has 0 spiro atoms. The van der Waals surface area contributed by atoms with Crippen LogP contribution in [0.3, 0.4) is 0 Å². The molecule has 114 valence electrons. The van der Waals surface area contributed by atoms with Crippen LogP contribution in [-0.4, -0.2) is 26.1 Å². The molecule has 0 saturated heterocycles. The summed E-state index contributed by atoms with van der Waals surface area (Å²) in [6, 6.07) is 7.11. The van der Waals surface area contributed by atoms with Gasteiger partial charge >= 0.3 is 10.3 Å². The summed E-state index contributed by atoms with van der Waals surface area (Å²) < 4.78 is 32.6. The van der Waals surface area contributed by atoms with Gasteiger partial charge in [0.15, 0.2) is 0 Å². The van der Waals surface area contributed by atoms with Crippen LogP contribution in [0.1, 0.15) is 39.5 Å². The van der Waals surface area contributed by atoms with Crippen LogP contribution in [-0.2, 0) is 10.3 Å². The lowest BCUT2D eigenvalue weighted by Gasteiger charge is -2.25. The van der Waals surface area contributed by atoms with Gasteiger partial charge in [-0.2, -0.15) is 8.42 Å². The molecule has 1 rings (SSSR count). The lowest BCUT2D eigenvalue weighted by atomic mass is 10.2. The average molecular weight is 300 g/mol. The maximum absolute atomic E-state index is 10.9. The number of benzene rings is 1. The minimum atomic E-state index is -4.22. The molecule has 0 aromatic heterocycles. The molecule has 5 nitrogen and oxygen atoms in total. The zero-order valence-corrected chi connectivity index (χ0v) is 13.0. The fourth-order valence-corrected chi connectivity index (χ4v) is 2.41. The van der Waals surface area contributed by atoms with Crippen molar-refractivity contribution in [1.29, 1.82) is 0 Å². The molecular weight excluding hydrogens is 276 g/mol. The van der Waals surface area contributed by atoms with E-state index < -0.39 is 10.3 Å². The highest BCUT2D eigenvalue weighted by Crippen LogP contribution is 2.21. The first kappa shape index (κ1) is 16.8. The van der Waals surface area contributed by atoms with E-state index in [0.29, 0.717) is 5.69 Å². The molecule has 6 heteroatoms. The van der Waals surface area contributed by atoms with Crippen LogP contribution < -0.4 is 9.62 Å². The van der Waals surface area contributed by atoms with Crippen LogP contribution in [0, 0.1) is 0 Å². The lowest BCUT2D eigenvalue weighted by Crippen LogP contribution is -2.25. The summed E-state index contributed by atoms with van der Waals surface area (Å²) in [5.74, 6) is 0. The van der Waals surface area contributed by atoms with Crippen LogP contribution >= 0.6 is 0 Å². The van der Waals surface area contributed by atoms with Gasteiger partial charge in [-0.05, 0) is 31.0 Å². The summed E-state index contributed by atoms with van der Waals surface area (Å²) in [4.78, 5) is 2.25. The number of nitrogens with zero attached hydrogens (tertiary/aromatic N) is 1. The lowest BCUT2D eigenvalue weighted by molar-refractivity contribution is 0.489. The monoisotopic (exact) mass is 300 g/mol. The molecule has 0 amide bonds. The van der Waals surface area contributed by atoms with E-state index in [1.54, 1.807) is 18.2 Å². The highest BCUT2D eigenvalue weighted by molar-refractivity contribution is 7.87. The molecule has 0 aliphatic rings. The van der Waals surface area contributed by atoms with Gasteiger partial charge in [0.2, 0.25) is 0 Å². The van der Waals surface area contributed by atoms with E-state index in [-0.39, 0.29) is 0 Å². The van der Waals surface area contributed by atoms with E-state index >= 15 is 0 Å². The van der Waals surface area contributed by atoms with Crippen LogP contribution in [0.15, 0.2) is 24.3 Å². The summed E-state index contributed by atoms with van der Waals surface area (Å²) in [7, 11) is -4.22. The van der Waals surface area contributed by atoms with Crippen LogP contribution in [0.25, 0.3) is 0 Å². The van der Waals surface area contributed by atoms with E-state index in [9.17, 15) is 8.42 Å². The highest BCUT2D eigenvalue weighted by Gasteiger charge is 2.08. The predicted molar refractivity (Wildman–Crippen MR) is 83.6 cm³/mol. The Hall–Kier alpha value is -1.27. The largest absolute Gasteiger partial charge is 0.371 e. The third-order valence-corrected chi connectivity index (χ3v) is 3.51. The van der Waals surface area contributed by atoms with Gasteiger partial charge in [-0.15, -0.1) is 0 Å². The second-order valence-electron chi connectivity index (χ2n) is 4.82. The normalized spacial score (nSPS) is 11.3. The number of anilines is 2.